The van der Waals surface area contributed by atoms with Crippen molar-refractivity contribution in [2.45, 2.75) is 104 Å². The monoisotopic (exact) mass is 658 g/mol. The summed E-state index contributed by atoms with van der Waals surface area (Å²) in [5, 5.41) is 15.5. The van der Waals surface area contributed by atoms with Crippen LogP contribution in [0.2, 0.25) is 0 Å². The zero-order chi connectivity index (χ0) is 34.4. The molecule has 1 N–H and O–H groups in total. The van der Waals surface area contributed by atoms with E-state index < -0.39 is 17.7 Å². The molecule has 2 aromatic heterocycles. The minimum atomic E-state index is -1.26. The Morgan fingerprint density at radius 1 is 1.15 bits per heavy atom. The molecule has 3 aliphatic heterocycles. The third-order valence-corrected chi connectivity index (χ3v) is 9.50. The van der Waals surface area contributed by atoms with Crippen molar-refractivity contribution in [3.05, 3.63) is 65.1 Å². The average Bonchev–Trinajstić information content (AvgIpc) is 3.46. The summed E-state index contributed by atoms with van der Waals surface area (Å²) in [6.45, 7) is 15.2. The third-order valence-electron chi connectivity index (χ3n) is 9.50. The van der Waals surface area contributed by atoms with Crippen molar-refractivity contribution in [1.29, 1.82) is 0 Å². The van der Waals surface area contributed by atoms with E-state index in [0.29, 0.717) is 70.6 Å². The molecule has 48 heavy (non-hydrogen) atoms. The number of ether oxygens (including phenoxy) is 3. The molecule has 5 heterocycles. The van der Waals surface area contributed by atoms with E-state index in [4.69, 9.17) is 24.3 Å². The number of anilines is 1. The van der Waals surface area contributed by atoms with Gasteiger partial charge in [-0.05, 0) is 96.9 Å². The smallest absolute Gasteiger partial charge is 0.337 e. The van der Waals surface area contributed by atoms with Crippen LogP contribution in [0.15, 0.2) is 42.5 Å². The summed E-state index contributed by atoms with van der Waals surface area (Å²) < 4.78 is 36.9. The van der Waals surface area contributed by atoms with Crippen molar-refractivity contribution in [2.24, 2.45) is 0 Å². The van der Waals surface area contributed by atoms with Gasteiger partial charge in [-0.1, -0.05) is 31.2 Å². The number of aryl methyl sites for hydroxylation is 2. The Bertz CT molecular complexity index is 1820. The Kier molecular flexibility index (Phi) is 9.26. The molecule has 256 valence electrons. The zero-order valence-electron chi connectivity index (χ0n) is 29.1. The first-order valence-electron chi connectivity index (χ1n) is 17.0. The number of fused-ring (bicyclic) bond motifs is 7. The van der Waals surface area contributed by atoms with Crippen LogP contribution in [0.1, 0.15) is 89.6 Å². The van der Waals surface area contributed by atoms with Gasteiger partial charge in [0.15, 0.2) is 11.8 Å². The van der Waals surface area contributed by atoms with Gasteiger partial charge in [-0.15, -0.1) is 0 Å². The molecule has 7 rings (SSSR count). The third kappa shape index (κ3) is 6.78. The number of carboxylic acid groups (broad SMARTS) is 1. The number of carboxylic acids is 1. The predicted octanol–water partition coefficient (Wildman–Crippen LogP) is 8.09. The van der Waals surface area contributed by atoms with Gasteiger partial charge in [0.25, 0.3) is 0 Å². The molecule has 10 heteroatoms. The predicted molar refractivity (Wildman–Crippen MR) is 184 cm³/mol. The molecule has 1 saturated heterocycles. The highest BCUT2D eigenvalue weighted by atomic mass is 19.1. The average molecular weight is 659 g/mol. The van der Waals surface area contributed by atoms with Gasteiger partial charge in [-0.3, -0.25) is 0 Å². The van der Waals surface area contributed by atoms with Crippen molar-refractivity contribution in [3.8, 4) is 28.1 Å². The Balaban J connectivity index is 1.56. The van der Waals surface area contributed by atoms with Crippen LogP contribution >= 0.6 is 0 Å². The molecule has 9 nitrogen and oxygen atoms in total. The van der Waals surface area contributed by atoms with E-state index in [-0.39, 0.29) is 17.5 Å². The van der Waals surface area contributed by atoms with E-state index >= 15 is 4.39 Å². The van der Waals surface area contributed by atoms with E-state index in [2.05, 4.69) is 18.7 Å². The van der Waals surface area contributed by atoms with E-state index in [1.165, 1.54) is 0 Å². The van der Waals surface area contributed by atoms with Crippen molar-refractivity contribution in [3.63, 3.8) is 0 Å². The van der Waals surface area contributed by atoms with E-state index in [1.807, 2.05) is 64.1 Å². The van der Waals surface area contributed by atoms with Crippen molar-refractivity contribution >= 4 is 17.4 Å². The zero-order valence-corrected chi connectivity index (χ0v) is 29.1. The molecule has 3 aliphatic rings. The molecule has 1 fully saturated rings. The largest absolute Gasteiger partial charge is 0.490 e. The van der Waals surface area contributed by atoms with Crippen LogP contribution in [0.5, 0.6) is 5.75 Å². The SMILES string of the molecule is CC[C@H]1CCCOC2(C)CCN(CC2)c2c([C@H](OC(C)(C)C)C(=O)O)c(C)nc3cc(nn23)-c2cccc(c2)-c2c(ccc(C)c2F)O1. The lowest BCUT2D eigenvalue weighted by molar-refractivity contribution is -0.160. The second-order valence-electron chi connectivity index (χ2n) is 14.4. The van der Waals surface area contributed by atoms with Crippen molar-refractivity contribution in [1.82, 2.24) is 14.6 Å². The summed E-state index contributed by atoms with van der Waals surface area (Å²) in [4.78, 5) is 19.9. The Morgan fingerprint density at radius 2 is 1.88 bits per heavy atom. The van der Waals surface area contributed by atoms with Crippen molar-refractivity contribution < 1.29 is 28.5 Å². The first-order valence-corrected chi connectivity index (χ1v) is 17.0. The molecule has 0 saturated carbocycles. The number of aliphatic carboxylic acids is 1. The van der Waals surface area contributed by atoms with Crippen LogP contribution in [0.4, 0.5) is 10.2 Å². The highest BCUT2D eigenvalue weighted by Crippen LogP contribution is 2.40. The van der Waals surface area contributed by atoms with Crippen LogP contribution in [0.25, 0.3) is 28.0 Å². The van der Waals surface area contributed by atoms with Crippen LogP contribution in [-0.2, 0) is 14.3 Å². The molecular weight excluding hydrogens is 611 g/mol. The fraction of sp³-hybridized carbons (Fsp3) is 0.500. The fourth-order valence-electron chi connectivity index (χ4n) is 6.81. The van der Waals surface area contributed by atoms with Gasteiger partial charge >= 0.3 is 5.97 Å². The first kappa shape index (κ1) is 33.9. The molecule has 2 atom stereocenters. The van der Waals surface area contributed by atoms with E-state index in [1.54, 1.807) is 17.5 Å². The Morgan fingerprint density at radius 3 is 2.56 bits per heavy atom. The van der Waals surface area contributed by atoms with E-state index in [0.717, 1.165) is 37.7 Å². The highest BCUT2D eigenvalue weighted by Gasteiger charge is 2.38. The molecular formula is C38H47FN4O5. The molecule has 0 unspecified atom stereocenters. The number of piperidine rings is 1. The van der Waals surface area contributed by atoms with Crippen LogP contribution in [0.3, 0.4) is 0 Å². The molecule has 6 bridgehead atoms. The first-order chi connectivity index (χ1) is 22.8. The summed E-state index contributed by atoms with van der Waals surface area (Å²) in [7, 11) is 0. The Hall–Kier alpha value is -4.02. The summed E-state index contributed by atoms with van der Waals surface area (Å²) in [5.41, 5.74) is 3.63. The number of rotatable bonds is 4. The number of hydrogen-bond acceptors (Lipinski definition) is 7. The summed E-state index contributed by atoms with van der Waals surface area (Å²) in [6, 6.07) is 13.2. The van der Waals surface area contributed by atoms with Gasteiger partial charge < -0.3 is 24.2 Å². The van der Waals surface area contributed by atoms with E-state index in [9.17, 15) is 9.90 Å². The standard InChI is InChI=1S/C38H47FN4O5/c1-8-27-13-10-20-46-38(7)16-18-42(19-17-38)35-31(34(36(44)45)48-37(4,5)6)24(3)40-30-22-28(41-43(30)35)25-11-9-12-26(21-25)32-29(47-27)15-14-23(2)33(32)39/h9,11-12,14-15,21-22,27,34H,8,10,13,16-20H2,1-7H3,(H,44,45)/t27-,34-/m0/s1. The summed E-state index contributed by atoms with van der Waals surface area (Å²) in [6.07, 6.45) is 2.54. The molecule has 0 amide bonds. The molecule has 0 radical (unpaired) electrons. The van der Waals surface area contributed by atoms with Gasteiger partial charge in [0, 0.05) is 37.0 Å². The van der Waals surface area contributed by atoms with Gasteiger partial charge in [0.05, 0.1) is 34.1 Å². The normalized spacial score (nSPS) is 20.9. The van der Waals surface area contributed by atoms with Crippen LogP contribution < -0.4 is 9.64 Å². The lowest BCUT2D eigenvalue weighted by Gasteiger charge is -2.41. The quantitative estimate of drug-likeness (QED) is 0.235. The molecule has 4 aromatic rings. The van der Waals surface area contributed by atoms with Gasteiger partial charge in [0.1, 0.15) is 17.4 Å². The maximum Gasteiger partial charge on any atom is 0.337 e. The fourth-order valence-corrected chi connectivity index (χ4v) is 6.81. The molecule has 0 aliphatic carbocycles. The van der Waals surface area contributed by atoms with Gasteiger partial charge in [-0.2, -0.15) is 9.61 Å². The molecule has 2 aromatic carbocycles. The van der Waals surface area contributed by atoms with Gasteiger partial charge in [0.2, 0.25) is 0 Å². The van der Waals surface area contributed by atoms with Crippen LogP contribution in [-0.4, -0.2) is 62.7 Å². The maximum absolute atomic E-state index is 15.9. The lowest BCUT2D eigenvalue weighted by atomic mass is 9.92. The minimum Gasteiger partial charge on any atom is -0.490 e. The number of halogens is 1. The topological polar surface area (TPSA) is 98.4 Å². The maximum atomic E-state index is 15.9. The van der Waals surface area contributed by atoms with Gasteiger partial charge in [-0.25, -0.2) is 14.2 Å². The highest BCUT2D eigenvalue weighted by molar-refractivity contribution is 5.80. The number of carbonyl (C=O) groups is 1. The second-order valence-corrected chi connectivity index (χ2v) is 14.4. The van der Waals surface area contributed by atoms with Crippen LogP contribution in [0, 0.1) is 19.7 Å². The number of aromatic nitrogens is 3. The second kappa shape index (κ2) is 13.1. The lowest BCUT2D eigenvalue weighted by Crippen LogP contribution is -2.46. The summed E-state index contributed by atoms with van der Waals surface area (Å²) in [5.74, 6) is -0.238. The van der Waals surface area contributed by atoms with Crippen molar-refractivity contribution in [2.75, 3.05) is 24.6 Å². The number of nitrogens with zero attached hydrogens (tertiary/aromatic N) is 4. The minimum absolute atomic E-state index is 0.0878. The Labute approximate surface area is 282 Å². The summed E-state index contributed by atoms with van der Waals surface area (Å²) >= 11 is 0. The molecule has 0 spiro atoms. The number of hydrogen-bond donors (Lipinski definition) is 1. The number of benzene rings is 2.